The van der Waals surface area contributed by atoms with E-state index >= 15 is 0 Å². The molecule has 1 aromatic carbocycles. The molecule has 0 aliphatic rings. The maximum atomic E-state index is 11.7. The number of benzene rings is 1. The van der Waals surface area contributed by atoms with Gasteiger partial charge in [0.15, 0.2) is 11.7 Å². The number of rotatable bonds is 7. The van der Waals surface area contributed by atoms with Crippen molar-refractivity contribution in [3.63, 3.8) is 0 Å². The van der Waals surface area contributed by atoms with Crippen molar-refractivity contribution in [3.8, 4) is 5.75 Å². The van der Waals surface area contributed by atoms with Crippen LogP contribution in [0.15, 0.2) is 18.2 Å². The van der Waals surface area contributed by atoms with E-state index in [1.165, 1.54) is 5.56 Å². The average Bonchev–Trinajstić information content (AvgIpc) is 2.45. The van der Waals surface area contributed by atoms with E-state index in [0.717, 1.165) is 5.56 Å². The van der Waals surface area contributed by atoms with Gasteiger partial charge in [0, 0.05) is 13.7 Å². The predicted octanol–water partition coefficient (Wildman–Crippen LogP) is 2.13. The summed E-state index contributed by atoms with van der Waals surface area (Å²) in [4.78, 5) is 11.7. The van der Waals surface area contributed by atoms with E-state index < -0.39 is 0 Å². The molecule has 0 saturated heterocycles. The Morgan fingerprint density at radius 3 is 2.68 bits per heavy atom. The van der Waals surface area contributed by atoms with E-state index in [4.69, 9.17) is 21.7 Å². The smallest absolute Gasteiger partial charge is 0.264 e. The minimum absolute atomic E-state index is 0.0768. The van der Waals surface area contributed by atoms with Crippen molar-refractivity contribution in [3.05, 3.63) is 29.3 Å². The molecule has 1 aromatic rings. The second-order valence-corrected chi connectivity index (χ2v) is 5.67. The number of carbonyl (C=O) groups is 1. The molecule has 6 heteroatoms. The van der Waals surface area contributed by atoms with Crippen molar-refractivity contribution in [2.24, 2.45) is 0 Å². The molecule has 22 heavy (non-hydrogen) atoms. The fourth-order valence-corrected chi connectivity index (χ4v) is 2.22. The molecule has 0 aromatic heterocycles. The molecular formula is C16H24N2O3S. The van der Waals surface area contributed by atoms with E-state index in [2.05, 4.69) is 24.5 Å². The molecule has 122 valence electrons. The van der Waals surface area contributed by atoms with E-state index in [1.807, 2.05) is 25.1 Å². The lowest BCUT2D eigenvalue weighted by molar-refractivity contribution is -0.121. The van der Waals surface area contributed by atoms with Gasteiger partial charge in [0.2, 0.25) is 0 Å². The van der Waals surface area contributed by atoms with Crippen molar-refractivity contribution in [2.45, 2.75) is 26.7 Å². The summed E-state index contributed by atoms with van der Waals surface area (Å²) in [5, 5.41) is 5.69. The number of thiocarbonyl (C=S) groups is 1. The Hall–Kier alpha value is -1.66. The summed E-state index contributed by atoms with van der Waals surface area (Å²) in [6, 6.07) is 5.85. The third kappa shape index (κ3) is 6.41. The largest absolute Gasteiger partial charge is 0.484 e. The second kappa shape index (κ2) is 9.38. The summed E-state index contributed by atoms with van der Waals surface area (Å²) in [5.74, 6) is 0.851. The standard InChI is InChI=1S/C16H24N2O3S/c1-11(2)14-6-5-13(9-12(14)3)21-10-15(19)18-16(22)17-7-8-20-4/h5-6,9,11H,7-8,10H2,1-4H3,(H2,17,18,19,22). The van der Waals surface area contributed by atoms with Crippen LogP contribution in [-0.2, 0) is 9.53 Å². The molecule has 0 aliphatic carbocycles. The number of carbonyl (C=O) groups excluding carboxylic acids is 1. The van der Waals surface area contributed by atoms with Crippen LogP contribution in [0.1, 0.15) is 30.9 Å². The summed E-state index contributed by atoms with van der Waals surface area (Å²) in [6.07, 6.45) is 0. The maximum absolute atomic E-state index is 11.7. The van der Waals surface area contributed by atoms with Gasteiger partial charge in [-0.3, -0.25) is 4.79 Å². The Morgan fingerprint density at radius 2 is 2.09 bits per heavy atom. The number of nitrogens with one attached hydrogen (secondary N) is 2. The first kappa shape index (κ1) is 18.4. The van der Waals surface area contributed by atoms with Gasteiger partial charge in [-0.05, 0) is 48.3 Å². The minimum Gasteiger partial charge on any atom is -0.484 e. The molecule has 0 unspecified atom stereocenters. The highest BCUT2D eigenvalue weighted by Crippen LogP contribution is 2.23. The zero-order valence-electron chi connectivity index (χ0n) is 13.6. The molecule has 1 rings (SSSR count). The van der Waals surface area contributed by atoms with Crippen LogP contribution in [0, 0.1) is 6.92 Å². The van der Waals surface area contributed by atoms with Crippen LogP contribution in [0.25, 0.3) is 0 Å². The third-order valence-corrected chi connectivity index (χ3v) is 3.32. The summed E-state index contributed by atoms with van der Waals surface area (Å²) in [5.41, 5.74) is 2.44. The predicted molar refractivity (Wildman–Crippen MR) is 91.4 cm³/mol. The molecule has 5 nitrogen and oxygen atoms in total. The molecule has 0 atom stereocenters. The number of aryl methyl sites for hydroxylation is 1. The summed E-state index contributed by atoms with van der Waals surface area (Å²) < 4.78 is 10.4. The lowest BCUT2D eigenvalue weighted by Crippen LogP contribution is -2.42. The Morgan fingerprint density at radius 1 is 1.36 bits per heavy atom. The van der Waals surface area contributed by atoms with E-state index in [1.54, 1.807) is 7.11 Å². The molecule has 1 amide bonds. The van der Waals surface area contributed by atoms with Crippen LogP contribution >= 0.6 is 12.2 Å². The summed E-state index contributed by atoms with van der Waals surface area (Å²) in [7, 11) is 1.60. The van der Waals surface area contributed by atoms with Gasteiger partial charge in [0.05, 0.1) is 6.61 Å². The van der Waals surface area contributed by atoms with Gasteiger partial charge in [-0.25, -0.2) is 0 Å². The van der Waals surface area contributed by atoms with Crippen molar-refractivity contribution in [1.29, 1.82) is 0 Å². The highest BCUT2D eigenvalue weighted by atomic mass is 32.1. The van der Waals surface area contributed by atoms with E-state index in [9.17, 15) is 4.79 Å². The Bertz CT molecular complexity index is 518. The molecule has 0 spiro atoms. The van der Waals surface area contributed by atoms with Gasteiger partial charge in [-0.2, -0.15) is 0 Å². The quantitative estimate of drug-likeness (QED) is 0.594. The van der Waals surface area contributed by atoms with Gasteiger partial charge in [-0.15, -0.1) is 0 Å². The first-order valence-electron chi connectivity index (χ1n) is 7.24. The van der Waals surface area contributed by atoms with Gasteiger partial charge in [-0.1, -0.05) is 19.9 Å². The minimum atomic E-state index is -0.291. The average molecular weight is 324 g/mol. The molecule has 0 radical (unpaired) electrons. The fourth-order valence-electron chi connectivity index (χ4n) is 2.01. The van der Waals surface area contributed by atoms with Crippen LogP contribution in [-0.4, -0.2) is 37.9 Å². The number of methoxy groups -OCH3 is 1. The van der Waals surface area contributed by atoms with Gasteiger partial charge >= 0.3 is 0 Å². The van der Waals surface area contributed by atoms with E-state index in [-0.39, 0.29) is 17.6 Å². The van der Waals surface area contributed by atoms with Gasteiger partial charge in [0.1, 0.15) is 5.75 Å². The summed E-state index contributed by atoms with van der Waals surface area (Å²) >= 11 is 4.99. The molecule has 0 heterocycles. The maximum Gasteiger partial charge on any atom is 0.264 e. The topological polar surface area (TPSA) is 59.6 Å². The number of hydrogen-bond acceptors (Lipinski definition) is 4. The van der Waals surface area contributed by atoms with Crippen LogP contribution in [0.4, 0.5) is 0 Å². The van der Waals surface area contributed by atoms with Crippen LogP contribution in [0.3, 0.4) is 0 Å². The molecule has 0 fully saturated rings. The molecule has 0 saturated carbocycles. The summed E-state index contributed by atoms with van der Waals surface area (Å²) in [6.45, 7) is 7.33. The number of amides is 1. The lowest BCUT2D eigenvalue weighted by Gasteiger charge is -2.13. The van der Waals surface area contributed by atoms with Crippen molar-refractivity contribution in [1.82, 2.24) is 10.6 Å². The Kier molecular flexibility index (Phi) is 7.84. The molecular weight excluding hydrogens is 300 g/mol. The second-order valence-electron chi connectivity index (χ2n) is 5.26. The van der Waals surface area contributed by atoms with Gasteiger partial charge < -0.3 is 20.1 Å². The molecule has 2 N–H and O–H groups in total. The van der Waals surface area contributed by atoms with Crippen LogP contribution in [0.5, 0.6) is 5.75 Å². The molecule has 0 aliphatic heterocycles. The monoisotopic (exact) mass is 324 g/mol. The van der Waals surface area contributed by atoms with Crippen molar-refractivity contribution < 1.29 is 14.3 Å². The normalized spacial score (nSPS) is 10.4. The first-order valence-corrected chi connectivity index (χ1v) is 7.64. The fraction of sp³-hybridized carbons (Fsp3) is 0.500. The number of ether oxygens (including phenoxy) is 2. The van der Waals surface area contributed by atoms with E-state index in [0.29, 0.717) is 24.8 Å². The molecule has 0 bridgehead atoms. The zero-order chi connectivity index (χ0) is 16.5. The number of hydrogen-bond donors (Lipinski definition) is 2. The Labute approximate surface area is 137 Å². The lowest BCUT2D eigenvalue weighted by atomic mass is 9.98. The first-order chi connectivity index (χ1) is 10.4. The van der Waals surface area contributed by atoms with Crippen LogP contribution < -0.4 is 15.4 Å². The Balaban J connectivity index is 2.41. The SMILES string of the molecule is COCCNC(=S)NC(=O)COc1ccc(C(C)C)c(C)c1. The van der Waals surface area contributed by atoms with Gasteiger partial charge in [0.25, 0.3) is 5.91 Å². The van der Waals surface area contributed by atoms with Crippen molar-refractivity contribution >= 4 is 23.2 Å². The van der Waals surface area contributed by atoms with Crippen LogP contribution in [0.2, 0.25) is 0 Å². The highest BCUT2D eigenvalue weighted by Gasteiger charge is 2.08. The van der Waals surface area contributed by atoms with Crippen molar-refractivity contribution in [2.75, 3.05) is 26.9 Å². The zero-order valence-corrected chi connectivity index (χ0v) is 14.4. The highest BCUT2D eigenvalue weighted by molar-refractivity contribution is 7.80. The third-order valence-electron chi connectivity index (χ3n) is 3.08.